The molecule has 3 heterocycles. The number of carbonyl (C=O) groups is 1. The Bertz CT molecular complexity index is 909. The summed E-state index contributed by atoms with van der Waals surface area (Å²) < 4.78 is 10.9. The number of amides is 1. The molecule has 6 heteroatoms. The fraction of sp³-hybridized carbons (Fsp3) is 0.556. The number of hydrogen-bond acceptors (Lipinski definition) is 5. The molecule has 1 saturated heterocycles. The van der Waals surface area contributed by atoms with E-state index in [1.165, 1.54) is 31.2 Å². The molecular formula is C27H37N3O3. The second-order valence-corrected chi connectivity index (χ2v) is 9.19. The molecule has 1 aromatic carbocycles. The smallest absolute Gasteiger partial charge is 0.223 e. The van der Waals surface area contributed by atoms with Gasteiger partial charge < -0.3 is 14.4 Å². The molecule has 0 bridgehead atoms. The van der Waals surface area contributed by atoms with Crippen molar-refractivity contribution in [2.24, 2.45) is 0 Å². The summed E-state index contributed by atoms with van der Waals surface area (Å²) in [4.78, 5) is 21.7. The molecule has 6 nitrogen and oxygen atoms in total. The highest BCUT2D eigenvalue weighted by atomic mass is 16.5. The highest BCUT2D eigenvalue weighted by Crippen LogP contribution is 2.31. The average molecular weight is 452 g/mol. The van der Waals surface area contributed by atoms with Gasteiger partial charge in [-0.3, -0.25) is 9.69 Å². The van der Waals surface area contributed by atoms with Crippen molar-refractivity contribution in [3.8, 4) is 17.0 Å². The Morgan fingerprint density at radius 2 is 1.73 bits per heavy atom. The van der Waals surface area contributed by atoms with E-state index >= 15 is 0 Å². The van der Waals surface area contributed by atoms with Gasteiger partial charge in [0, 0.05) is 62.8 Å². The number of rotatable bonds is 3. The van der Waals surface area contributed by atoms with Gasteiger partial charge in [0.25, 0.3) is 0 Å². The van der Waals surface area contributed by atoms with Crippen molar-refractivity contribution < 1.29 is 14.3 Å². The van der Waals surface area contributed by atoms with Crippen molar-refractivity contribution in [1.82, 2.24) is 9.88 Å². The van der Waals surface area contributed by atoms with Gasteiger partial charge in [-0.25, -0.2) is 4.98 Å². The Kier molecular flexibility index (Phi) is 8.35. The van der Waals surface area contributed by atoms with E-state index in [-0.39, 0.29) is 5.91 Å². The number of nitrogens with zero attached hydrogens (tertiary/aromatic N) is 3. The van der Waals surface area contributed by atoms with Crippen LogP contribution in [-0.4, -0.2) is 55.2 Å². The van der Waals surface area contributed by atoms with Crippen LogP contribution in [-0.2, 0) is 16.1 Å². The lowest BCUT2D eigenvalue weighted by Gasteiger charge is -2.36. The van der Waals surface area contributed by atoms with Crippen molar-refractivity contribution in [2.45, 2.75) is 64.5 Å². The van der Waals surface area contributed by atoms with Crippen LogP contribution in [0.2, 0.25) is 0 Å². The number of carbonyl (C=O) groups excluding carboxylic acids is 1. The normalized spacial score (nSPS) is 19.3. The largest absolute Gasteiger partial charge is 0.481 e. The first-order chi connectivity index (χ1) is 16.2. The maximum atomic E-state index is 12.7. The third-order valence-electron chi connectivity index (χ3n) is 6.94. The Morgan fingerprint density at radius 1 is 1.00 bits per heavy atom. The summed E-state index contributed by atoms with van der Waals surface area (Å²) in [5, 5.41) is 0. The fourth-order valence-electron chi connectivity index (χ4n) is 5.05. The first-order valence-electron chi connectivity index (χ1n) is 12.4. The van der Waals surface area contributed by atoms with Crippen LogP contribution in [0.3, 0.4) is 0 Å². The minimum atomic E-state index is 0.116. The molecule has 0 aliphatic carbocycles. The number of ether oxygens (including phenoxy) is 2. The molecule has 0 N–H and O–H groups in total. The summed E-state index contributed by atoms with van der Waals surface area (Å²) in [5.74, 6) is 0.725. The van der Waals surface area contributed by atoms with Crippen molar-refractivity contribution in [1.29, 1.82) is 0 Å². The number of anilines is 1. The van der Waals surface area contributed by atoms with Gasteiger partial charge in [0.05, 0.1) is 7.11 Å². The summed E-state index contributed by atoms with van der Waals surface area (Å²) >= 11 is 0. The van der Waals surface area contributed by atoms with E-state index in [9.17, 15) is 4.79 Å². The monoisotopic (exact) mass is 451 g/mol. The summed E-state index contributed by atoms with van der Waals surface area (Å²) in [6.45, 7) is 6.09. The fourth-order valence-corrected chi connectivity index (χ4v) is 5.05. The summed E-state index contributed by atoms with van der Waals surface area (Å²) in [6, 6.07) is 11.0. The predicted octanol–water partition coefficient (Wildman–Crippen LogP) is 5.06. The van der Waals surface area contributed by atoms with E-state index in [0.29, 0.717) is 11.9 Å². The Labute approximate surface area is 197 Å². The van der Waals surface area contributed by atoms with Gasteiger partial charge in [0.1, 0.15) is 0 Å². The molecule has 1 fully saturated rings. The highest BCUT2D eigenvalue weighted by Gasteiger charge is 2.24. The molecule has 0 atom stereocenters. The average Bonchev–Trinajstić information content (AvgIpc) is 2.84. The predicted molar refractivity (Wildman–Crippen MR) is 132 cm³/mol. The molecule has 0 unspecified atom stereocenters. The molecule has 2 aliphatic heterocycles. The molecule has 0 spiro atoms. The van der Waals surface area contributed by atoms with Gasteiger partial charge in [-0.15, -0.1) is 0 Å². The molecule has 0 radical (unpaired) electrons. The lowest BCUT2D eigenvalue weighted by Crippen LogP contribution is -2.40. The van der Waals surface area contributed by atoms with Gasteiger partial charge in [-0.1, -0.05) is 25.3 Å². The number of hydrogen-bond donors (Lipinski definition) is 0. The lowest BCUT2D eigenvalue weighted by atomic mass is 9.99. The third-order valence-corrected chi connectivity index (χ3v) is 6.94. The van der Waals surface area contributed by atoms with Crippen LogP contribution in [0.15, 0.2) is 36.5 Å². The quantitative estimate of drug-likeness (QED) is 0.653. The maximum absolute atomic E-state index is 12.7. The van der Waals surface area contributed by atoms with Crippen LogP contribution < -0.4 is 9.64 Å². The van der Waals surface area contributed by atoms with Gasteiger partial charge in [0.2, 0.25) is 11.8 Å². The van der Waals surface area contributed by atoms with Gasteiger partial charge in [-0.05, 0) is 61.6 Å². The third kappa shape index (κ3) is 6.12. The van der Waals surface area contributed by atoms with Crippen molar-refractivity contribution >= 4 is 11.6 Å². The number of pyridine rings is 1. The van der Waals surface area contributed by atoms with Gasteiger partial charge in [0.15, 0.2) is 0 Å². The molecule has 33 heavy (non-hydrogen) atoms. The number of aromatic nitrogens is 1. The summed E-state index contributed by atoms with van der Waals surface area (Å²) in [7, 11) is 1.63. The Balaban J connectivity index is 1.71. The van der Waals surface area contributed by atoms with E-state index in [4.69, 9.17) is 9.47 Å². The van der Waals surface area contributed by atoms with E-state index in [1.807, 2.05) is 23.2 Å². The summed E-state index contributed by atoms with van der Waals surface area (Å²) in [6.07, 6.45) is 9.95. The first kappa shape index (κ1) is 23.7. The van der Waals surface area contributed by atoms with Gasteiger partial charge >= 0.3 is 0 Å². The van der Waals surface area contributed by atoms with Crippen LogP contribution in [0.25, 0.3) is 11.1 Å². The van der Waals surface area contributed by atoms with E-state index in [1.54, 1.807) is 14.0 Å². The zero-order chi connectivity index (χ0) is 23.0. The molecule has 1 aromatic heterocycles. The molecule has 2 aliphatic rings. The van der Waals surface area contributed by atoms with Crippen molar-refractivity contribution in [3.63, 3.8) is 0 Å². The molecule has 1 amide bonds. The van der Waals surface area contributed by atoms with Gasteiger partial charge in [-0.2, -0.15) is 0 Å². The van der Waals surface area contributed by atoms with Crippen molar-refractivity contribution in [3.05, 3.63) is 42.1 Å². The van der Waals surface area contributed by atoms with Crippen LogP contribution >= 0.6 is 0 Å². The zero-order valence-corrected chi connectivity index (χ0v) is 20.1. The topological polar surface area (TPSA) is 54.9 Å². The number of benzene rings is 1. The Hall–Kier alpha value is -2.44. The Morgan fingerprint density at radius 3 is 2.42 bits per heavy atom. The molecule has 2 aromatic rings. The molecular weight excluding hydrogens is 414 g/mol. The first-order valence-corrected chi connectivity index (χ1v) is 12.4. The highest BCUT2D eigenvalue weighted by molar-refractivity contribution is 5.92. The number of fused-ring (bicyclic) bond motifs is 1. The van der Waals surface area contributed by atoms with Crippen molar-refractivity contribution in [2.75, 3.05) is 38.3 Å². The second-order valence-electron chi connectivity index (χ2n) is 9.19. The maximum Gasteiger partial charge on any atom is 0.223 e. The second kappa shape index (κ2) is 11.6. The minimum absolute atomic E-state index is 0.116. The van der Waals surface area contributed by atoms with Crippen LogP contribution in [0.5, 0.6) is 5.88 Å². The van der Waals surface area contributed by atoms with E-state index in [0.717, 1.165) is 68.9 Å². The van der Waals surface area contributed by atoms with Crippen LogP contribution in [0, 0.1) is 0 Å². The minimum Gasteiger partial charge on any atom is -0.481 e. The molecule has 4 rings (SSSR count). The molecule has 0 saturated carbocycles. The van der Waals surface area contributed by atoms with E-state index < -0.39 is 0 Å². The summed E-state index contributed by atoms with van der Waals surface area (Å²) in [5.41, 5.74) is 4.43. The zero-order valence-electron chi connectivity index (χ0n) is 20.1. The molecule has 178 valence electrons. The van der Waals surface area contributed by atoms with Crippen LogP contribution in [0.4, 0.5) is 5.69 Å². The van der Waals surface area contributed by atoms with Crippen LogP contribution in [0.1, 0.15) is 57.4 Å². The standard InChI is InChI=1S/C27H37N3O3/c1-21(31)30-15-7-5-3-4-6-14-29(25-12-16-33-17-13-25)20-24-18-22(8-10-26(24)30)23-9-11-27(32-2)28-19-23/h8-11,18-19,25H,3-7,12-17,20H2,1-2H3. The number of methoxy groups -OCH3 is 1. The SMILES string of the molecule is COc1ccc(-c2ccc3c(c2)CN(C2CCOCC2)CCCCCCCN3C(C)=O)cn1. The lowest BCUT2D eigenvalue weighted by molar-refractivity contribution is -0.116. The van der Waals surface area contributed by atoms with E-state index in [2.05, 4.69) is 28.1 Å².